The van der Waals surface area contributed by atoms with E-state index in [1.165, 1.54) is 11.3 Å². The summed E-state index contributed by atoms with van der Waals surface area (Å²) in [5, 5.41) is 20.9. The van der Waals surface area contributed by atoms with E-state index >= 15 is 0 Å². The van der Waals surface area contributed by atoms with E-state index in [1.54, 1.807) is 10.7 Å². The van der Waals surface area contributed by atoms with Crippen LogP contribution in [0.5, 0.6) is 0 Å². The fraction of sp³-hybridized carbons (Fsp3) is 0.455. The van der Waals surface area contributed by atoms with Crippen molar-refractivity contribution < 1.29 is 9.90 Å². The molecule has 2 heterocycles. The molecule has 1 saturated carbocycles. The molecule has 3 rings (SSSR count). The van der Waals surface area contributed by atoms with Gasteiger partial charge in [-0.25, -0.2) is 4.68 Å². The van der Waals surface area contributed by atoms with Crippen LogP contribution < -0.4 is 0 Å². The second-order valence-electron chi connectivity index (χ2n) is 4.70. The fourth-order valence-corrected chi connectivity index (χ4v) is 3.28. The van der Waals surface area contributed by atoms with Gasteiger partial charge in [0.2, 0.25) is 0 Å². The summed E-state index contributed by atoms with van der Waals surface area (Å²) in [6.45, 7) is 0.306. The van der Waals surface area contributed by atoms with E-state index in [9.17, 15) is 9.90 Å². The maximum atomic E-state index is 11.4. The normalized spacial score (nSPS) is 17.1. The molecule has 2 aromatic rings. The van der Waals surface area contributed by atoms with Crippen LogP contribution >= 0.6 is 22.9 Å². The van der Waals surface area contributed by atoms with Gasteiger partial charge < -0.3 is 5.11 Å². The molecule has 0 unspecified atom stereocenters. The van der Waals surface area contributed by atoms with Gasteiger partial charge in [0.25, 0.3) is 0 Å². The van der Waals surface area contributed by atoms with E-state index in [0.29, 0.717) is 29.5 Å². The number of halogens is 1. The monoisotopic (exact) mass is 298 g/mol. The highest BCUT2D eigenvalue weighted by Crippen LogP contribution is 2.43. The number of carboxylic acid groups (broad SMARTS) is 1. The second-order valence-corrected chi connectivity index (χ2v) is 6.42. The predicted molar refractivity (Wildman–Crippen MR) is 70.1 cm³/mol. The van der Waals surface area contributed by atoms with Gasteiger partial charge in [-0.1, -0.05) is 18.0 Å². The van der Waals surface area contributed by atoms with Gasteiger partial charge in [0.15, 0.2) is 5.82 Å². The van der Waals surface area contributed by atoms with E-state index in [4.69, 9.17) is 11.6 Å². The van der Waals surface area contributed by atoms with Crippen LogP contribution in [0, 0.1) is 5.41 Å². The zero-order chi connectivity index (χ0) is 13.5. The molecule has 1 N–H and O–H groups in total. The Kier molecular flexibility index (Phi) is 3.02. The lowest BCUT2D eigenvalue weighted by Crippen LogP contribution is -2.42. The SMILES string of the molecule is O=C(O)C1(Cn2nnnc2-c2ccc(Cl)s2)CCC1. The van der Waals surface area contributed by atoms with Crippen LogP contribution in [0.15, 0.2) is 12.1 Å². The number of hydrogen-bond donors (Lipinski definition) is 1. The Morgan fingerprint density at radius 1 is 1.53 bits per heavy atom. The molecule has 0 spiro atoms. The Bertz CT molecular complexity index is 620. The molecule has 8 heteroatoms. The summed E-state index contributed by atoms with van der Waals surface area (Å²) >= 11 is 7.27. The first kappa shape index (κ1) is 12.6. The van der Waals surface area contributed by atoms with Gasteiger partial charge in [-0.2, -0.15) is 0 Å². The van der Waals surface area contributed by atoms with Crippen molar-refractivity contribution in [2.75, 3.05) is 0 Å². The minimum Gasteiger partial charge on any atom is -0.481 e. The number of aliphatic carboxylic acids is 1. The van der Waals surface area contributed by atoms with Crippen molar-refractivity contribution in [1.82, 2.24) is 20.2 Å². The zero-order valence-electron chi connectivity index (χ0n) is 9.91. The van der Waals surface area contributed by atoms with Crippen LogP contribution in [-0.2, 0) is 11.3 Å². The number of carbonyl (C=O) groups is 1. The first-order valence-electron chi connectivity index (χ1n) is 5.86. The lowest BCUT2D eigenvalue weighted by Gasteiger charge is -2.37. The molecular weight excluding hydrogens is 288 g/mol. The largest absolute Gasteiger partial charge is 0.481 e. The maximum Gasteiger partial charge on any atom is 0.311 e. The third kappa shape index (κ3) is 2.12. The third-order valence-corrected chi connectivity index (χ3v) is 4.77. The van der Waals surface area contributed by atoms with Crippen molar-refractivity contribution >= 4 is 28.9 Å². The van der Waals surface area contributed by atoms with Crippen molar-refractivity contribution in [2.24, 2.45) is 5.41 Å². The molecule has 19 heavy (non-hydrogen) atoms. The average Bonchev–Trinajstić information content (AvgIpc) is 2.91. The molecule has 6 nitrogen and oxygen atoms in total. The Balaban J connectivity index is 1.90. The minimum atomic E-state index is -0.774. The van der Waals surface area contributed by atoms with Crippen molar-refractivity contribution in [3.8, 4) is 10.7 Å². The van der Waals surface area contributed by atoms with Crippen LogP contribution in [0.25, 0.3) is 10.7 Å². The van der Waals surface area contributed by atoms with Crippen molar-refractivity contribution in [3.05, 3.63) is 16.5 Å². The molecule has 2 aromatic heterocycles. The number of aromatic nitrogens is 4. The highest BCUT2D eigenvalue weighted by atomic mass is 35.5. The maximum absolute atomic E-state index is 11.4. The molecule has 1 aliphatic rings. The molecule has 0 bridgehead atoms. The number of tetrazole rings is 1. The standard InChI is InChI=1S/C11H11ClN4O2S/c12-8-3-2-7(19-8)9-13-14-15-16(9)6-11(10(17)18)4-1-5-11/h2-3H,1,4-6H2,(H,17,18). The first-order valence-corrected chi connectivity index (χ1v) is 7.05. The third-order valence-electron chi connectivity index (χ3n) is 3.54. The van der Waals surface area contributed by atoms with E-state index in [0.717, 1.165) is 11.3 Å². The molecule has 1 fully saturated rings. The van der Waals surface area contributed by atoms with Gasteiger partial charge in [0.1, 0.15) is 0 Å². The van der Waals surface area contributed by atoms with E-state index in [1.807, 2.05) is 6.07 Å². The topological polar surface area (TPSA) is 80.9 Å². The van der Waals surface area contributed by atoms with Gasteiger partial charge in [-0.05, 0) is 35.4 Å². The Morgan fingerprint density at radius 3 is 2.84 bits per heavy atom. The fourth-order valence-electron chi connectivity index (χ4n) is 2.25. The van der Waals surface area contributed by atoms with Gasteiger partial charge in [0, 0.05) is 0 Å². The van der Waals surface area contributed by atoms with E-state index < -0.39 is 11.4 Å². The summed E-state index contributed by atoms with van der Waals surface area (Å²) in [5.74, 6) is -0.200. The van der Waals surface area contributed by atoms with Crippen LogP contribution in [0.2, 0.25) is 4.34 Å². The van der Waals surface area contributed by atoms with Gasteiger partial charge in [0.05, 0.1) is 21.2 Å². The molecule has 0 radical (unpaired) electrons. The lowest BCUT2D eigenvalue weighted by atomic mass is 9.69. The predicted octanol–water partition coefficient (Wildman–Crippen LogP) is 2.31. The van der Waals surface area contributed by atoms with Crippen molar-refractivity contribution in [3.63, 3.8) is 0 Å². The number of thiophene rings is 1. The van der Waals surface area contributed by atoms with Crippen LogP contribution in [-0.4, -0.2) is 31.3 Å². The smallest absolute Gasteiger partial charge is 0.311 e. The molecule has 1 aliphatic carbocycles. The molecule has 0 atom stereocenters. The zero-order valence-corrected chi connectivity index (χ0v) is 11.5. The number of hydrogen-bond acceptors (Lipinski definition) is 5. The highest BCUT2D eigenvalue weighted by Gasteiger charge is 2.45. The lowest BCUT2D eigenvalue weighted by molar-refractivity contribution is -0.156. The molecular formula is C11H11ClN4O2S. The Morgan fingerprint density at radius 2 is 2.32 bits per heavy atom. The van der Waals surface area contributed by atoms with Crippen LogP contribution in [0.4, 0.5) is 0 Å². The van der Waals surface area contributed by atoms with Crippen molar-refractivity contribution in [1.29, 1.82) is 0 Å². The van der Waals surface area contributed by atoms with Gasteiger partial charge in [-0.3, -0.25) is 4.79 Å². The quantitative estimate of drug-likeness (QED) is 0.937. The Hall–Kier alpha value is -1.47. The molecule has 0 aromatic carbocycles. The number of carboxylic acids is 1. The van der Waals surface area contributed by atoms with E-state index in [2.05, 4.69) is 15.5 Å². The molecule has 100 valence electrons. The van der Waals surface area contributed by atoms with Gasteiger partial charge >= 0.3 is 5.97 Å². The minimum absolute atomic E-state index is 0.306. The molecule has 0 aliphatic heterocycles. The van der Waals surface area contributed by atoms with Crippen LogP contribution in [0.3, 0.4) is 0 Å². The summed E-state index contributed by atoms with van der Waals surface area (Å²) in [4.78, 5) is 12.2. The summed E-state index contributed by atoms with van der Waals surface area (Å²) < 4.78 is 2.22. The number of rotatable bonds is 4. The van der Waals surface area contributed by atoms with Crippen molar-refractivity contribution in [2.45, 2.75) is 25.8 Å². The molecule has 0 amide bonds. The first-order chi connectivity index (χ1) is 9.11. The summed E-state index contributed by atoms with van der Waals surface area (Å²) in [7, 11) is 0. The summed E-state index contributed by atoms with van der Waals surface area (Å²) in [6, 6.07) is 3.61. The summed E-state index contributed by atoms with van der Waals surface area (Å²) in [6.07, 6.45) is 2.29. The summed E-state index contributed by atoms with van der Waals surface area (Å²) in [5.41, 5.74) is -0.717. The highest BCUT2D eigenvalue weighted by molar-refractivity contribution is 7.19. The van der Waals surface area contributed by atoms with E-state index in [-0.39, 0.29) is 0 Å². The molecule has 0 saturated heterocycles. The number of nitrogens with zero attached hydrogens (tertiary/aromatic N) is 4. The van der Waals surface area contributed by atoms with Gasteiger partial charge in [-0.15, -0.1) is 16.4 Å². The van der Waals surface area contributed by atoms with Crippen LogP contribution in [0.1, 0.15) is 19.3 Å². The Labute approximate surface area is 118 Å². The second kappa shape index (κ2) is 4.57. The average molecular weight is 299 g/mol.